The molecule has 0 amide bonds. The first kappa shape index (κ1) is 38.8. The zero-order valence-corrected chi connectivity index (χ0v) is 29.3. The van der Waals surface area contributed by atoms with E-state index in [0.717, 1.165) is 25.7 Å². The molecule has 2 aromatic heterocycles. The summed E-state index contributed by atoms with van der Waals surface area (Å²) in [5.41, 5.74) is 6.91. The monoisotopic (exact) mass is 690 g/mol. The van der Waals surface area contributed by atoms with Gasteiger partial charge >= 0.3 is 15.4 Å². The smallest absolute Gasteiger partial charge is 0.381 e. The first-order valence-corrected chi connectivity index (χ1v) is 20.4. The topological polar surface area (TPSA) is 193 Å². The van der Waals surface area contributed by atoms with Crippen molar-refractivity contribution in [2.75, 3.05) is 43.8 Å². The highest BCUT2D eigenvalue weighted by molar-refractivity contribution is 7.63. The maximum atomic E-state index is 12.3. The number of hydrogen-bond acceptors (Lipinski definition) is 11. The summed E-state index contributed by atoms with van der Waals surface area (Å²) in [7, 11) is -9.32. The van der Waals surface area contributed by atoms with Gasteiger partial charge in [-0.25, -0.2) is 13.9 Å². The second kappa shape index (κ2) is 21.4. The van der Waals surface area contributed by atoms with Gasteiger partial charge in [-0.1, -0.05) is 90.4 Å². The van der Waals surface area contributed by atoms with Crippen molar-refractivity contribution in [2.45, 2.75) is 129 Å². The van der Waals surface area contributed by atoms with Gasteiger partial charge in [0.15, 0.2) is 17.0 Å². The highest BCUT2D eigenvalue weighted by Gasteiger charge is 2.34. The van der Waals surface area contributed by atoms with Crippen LogP contribution in [0.2, 0.25) is 0 Å². The number of nitrogens with two attached hydrogens (primary N) is 1. The summed E-state index contributed by atoms with van der Waals surface area (Å²) < 4.78 is 46.3. The zero-order valence-electron chi connectivity index (χ0n) is 27.5. The quantitative estimate of drug-likeness (QED) is 0.0496. The molecule has 2 unspecified atom stereocenters. The fourth-order valence-electron chi connectivity index (χ4n) is 5.04. The number of aromatic nitrogens is 4. The van der Waals surface area contributed by atoms with Gasteiger partial charge in [-0.3, -0.25) is 9.09 Å². The normalized spacial score (nSPS) is 16.1. The number of ether oxygens (including phenoxy) is 2. The lowest BCUT2D eigenvalue weighted by atomic mass is 10.0. The minimum absolute atomic E-state index is 0.0120. The zero-order chi connectivity index (χ0) is 33.1. The van der Waals surface area contributed by atoms with Crippen molar-refractivity contribution in [2.24, 2.45) is 0 Å². The summed E-state index contributed by atoms with van der Waals surface area (Å²) in [6.07, 6.45) is 21.4. The predicted molar refractivity (Wildman–Crippen MR) is 180 cm³/mol. The number of phosphoric acid groups is 1. The molecule has 46 heavy (non-hydrogen) atoms. The number of unbranched alkanes of at least 4 members (excludes halogenated alkanes) is 13. The van der Waals surface area contributed by atoms with Gasteiger partial charge in [-0.2, -0.15) is 9.97 Å². The second-order valence-electron chi connectivity index (χ2n) is 12.1. The molecule has 5 N–H and O–H groups in total. The Morgan fingerprint density at radius 1 is 0.848 bits per heavy atom. The molecule has 1 aliphatic rings. The van der Waals surface area contributed by atoms with E-state index in [1.807, 2.05) is 0 Å². The molecule has 2 aromatic rings. The SMILES string of the molecule is CCCCCCCCCCCCCCCCOCCCOP(=O)(O)OP(=O)(O)COCCn1cnc2c(NC3CC3)nc(N)nc21. The number of imidazole rings is 1. The number of phosphoric ester groups is 1. The maximum absolute atomic E-state index is 12.3. The third-order valence-electron chi connectivity index (χ3n) is 7.69. The standard InChI is InChI=1S/C30H56N6O8P2/c1-2-3-4-5-6-7-8-9-10-11-12-13-14-15-20-41-21-16-22-43-46(39,40)44-45(37,38)25-42-23-19-36-24-32-27-28(33-26-17-18-26)34-30(31)35-29(27)36/h24,26H,2-23,25H2,1H3,(H,37,38)(H,39,40)(H3,31,33,34,35). The van der Waals surface area contributed by atoms with Crippen LogP contribution < -0.4 is 11.1 Å². The molecule has 2 atom stereocenters. The van der Waals surface area contributed by atoms with E-state index in [9.17, 15) is 18.9 Å². The van der Waals surface area contributed by atoms with Crippen molar-refractivity contribution >= 4 is 38.3 Å². The summed E-state index contributed by atoms with van der Waals surface area (Å²) in [4.78, 5) is 32.7. The van der Waals surface area contributed by atoms with Crippen molar-refractivity contribution in [1.82, 2.24) is 19.5 Å². The van der Waals surface area contributed by atoms with Crippen molar-refractivity contribution in [1.29, 1.82) is 0 Å². The molecule has 0 spiro atoms. The van der Waals surface area contributed by atoms with Crippen LogP contribution >= 0.6 is 15.4 Å². The number of anilines is 2. The third-order valence-corrected chi connectivity index (χ3v) is 10.6. The van der Waals surface area contributed by atoms with Crippen LogP contribution in [0.15, 0.2) is 6.33 Å². The molecule has 1 saturated carbocycles. The predicted octanol–water partition coefficient (Wildman–Crippen LogP) is 7.16. The Balaban J connectivity index is 1.16. The number of rotatable bonds is 29. The molecule has 2 heterocycles. The highest BCUT2D eigenvalue weighted by Crippen LogP contribution is 2.59. The first-order chi connectivity index (χ1) is 22.2. The summed E-state index contributed by atoms with van der Waals surface area (Å²) in [5.74, 6) is 0.662. The van der Waals surface area contributed by atoms with E-state index in [0.29, 0.717) is 42.7 Å². The molecule has 0 saturated heterocycles. The Bertz CT molecular complexity index is 1230. The van der Waals surface area contributed by atoms with Crippen LogP contribution in [0.4, 0.5) is 11.8 Å². The maximum Gasteiger partial charge on any atom is 0.479 e. The average Bonchev–Trinajstić information content (AvgIpc) is 3.73. The van der Waals surface area contributed by atoms with Crippen molar-refractivity contribution < 1.29 is 37.2 Å². The summed E-state index contributed by atoms with van der Waals surface area (Å²) in [5, 5.41) is 3.27. The van der Waals surface area contributed by atoms with Gasteiger partial charge in [0.2, 0.25) is 5.95 Å². The number of fused-ring (bicyclic) bond motifs is 1. The van der Waals surface area contributed by atoms with Gasteiger partial charge in [0.1, 0.15) is 6.35 Å². The van der Waals surface area contributed by atoms with Crippen LogP contribution in [0.3, 0.4) is 0 Å². The molecular weight excluding hydrogens is 634 g/mol. The van der Waals surface area contributed by atoms with Gasteiger partial charge in [0.25, 0.3) is 0 Å². The lowest BCUT2D eigenvalue weighted by Crippen LogP contribution is -2.10. The van der Waals surface area contributed by atoms with Gasteiger partial charge in [0, 0.05) is 25.8 Å². The molecule has 16 heteroatoms. The fourth-order valence-corrected chi connectivity index (χ4v) is 7.43. The van der Waals surface area contributed by atoms with Gasteiger partial charge < -0.3 is 34.9 Å². The van der Waals surface area contributed by atoms with E-state index < -0.39 is 21.8 Å². The molecule has 264 valence electrons. The molecule has 0 aromatic carbocycles. The van der Waals surface area contributed by atoms with Crippen LogP contribution in [0, 0.1) is 0 Å². The number of nitrogen functional groups attached to an aromatic ring is 1. The number of nitrogens with one attached hydrogen (secondary N) is 1. The Hall–Kier alpha value is -1.63. The molecule has 1 aliphatic carbocycles. The Labute approximate surface area is 273 Å². The van der Waals surface area contributed by atoms with E-state index in [1.165, 1.54) is 77.0 Å². The molecule has 3 rings (SSSR count). The minimum Gasteiger partial charge on any atom is -0.381 e. The average molecular weight is 691 g/mol. The van der Waals surface area contributed by atoms with E-state index >= 15 is 0 Å². The third kappa shape index (κ3) is 16.5. The van der Waals surface area contributed by atoms with E-state index in [1.54, 1.807) is 10.9 Å². The van der Waals surface area contributed by atoms with Crippen LogP contribution in [-0.4, -0.2) is 68.1 Å². The molecule has 1 fully saturated rings. The Morgan fingerprint density at radius 3 is 2.09 bits per heavy atom. The van der Waals surface area contributed by atoms with Gasteiger partial charge in [-0.05, 0) is 25.7 Å². The highest BCUT2D eigenvalue weighted by atomic mass is 31.3. The van der Waals surface area contributed by atoms with Crippen LogP contribution in [0.5, 0.6) is 0 Å². The Morgan fingerprint density at radius 2 is 1.46 bits per heavy atom. The van der Waals surface area contributed by atoms with Gasteiger partial charge in [-0.15, -0.1) is 0 Å². The van der Waals surface area contributed by atoms with Crippen molar-refractivity contribution in [3.63, 3.8) is 0 Å². The molecule has 14 nitrogen and oxygen atoms in total. The van der Waals surface area contributed by atoms with E-state index in [2.05, 4.69) is 31.5 Å². The summed E-state index contributed by atoms with van der Waals surface area (Å²) in [6.45, 7) is 3.32. The molecular formula is C30H56N6O8P2. The lowest BCUT2D eigenvalue weighted by molar-refractivity contribution is 0.107. The van der Waals surface area contributed by atoms with E-state index in [4.69, 9.17) is 19.7 Å². The van der Waals surface area contributed by atoms with Crippen molar-refractivity contribution in [3.05, 3.63) is 6.33 Å². The molecule has 0 aliphatic heterocycles. The lowest BCUT2D eigenvalue weighted by Gasteiger charge is -2.16. The molecule has 0 radical (unpaired) electrons. The first-order valence-electron chi connectivity index (χ1n) is 17.1. The Kier molecular flexibility index (Phi) is 18.0. The summed E-state index contributed by atoms with van der Waals surface area (Å²) >= 11 is 0. The van der Waals surface area contributed by atoms with Crippen LogP contribution in [-0.2, 0) is 34.0 Å². The number of hydrogen-bond donors (Lipinski definition) is 4. The minimum atomic E-state index is -4.76. The van der Waals surface area contributed by atoms with Crippen LogP contribution in [0.1, 0.15) is 116 Å². The number of nitrogens with zero attached hydrogens (tertiary/aromatic N) is 4. The van der Waals surface area contributed by atoms with Gasteiger partial charge in [0.05, 0.1) is 19.5 Å². The second-order valence-corrected chi connectivity index (χ2v) is 15.5. The fraction of sp³-hybridized carbons (Fsp3) is 0.833. The molecule has 0 bridgehead atoms. The van der Waals surface area contributed by atoms with Crippen molar-refractivity contribution in [3.8, 4) is 0 Å². The summed E-state index contributed by atoms with van der Waals surface area (Å²) in [6, 6.07) is 0.355. The largest absolute Gasteiger partial charge is 0.479 e. The van der Waals surface area contributed by atoms with Crippen LogP contribution in [0.25, 0.3) is 11.2 Å². The van der Waals surface area contributed by atoms with E-state index in [-0.39, 0.29) is 25.7 Å².